The van der Waals surface area contributed by atoms with Crippen LogP contribution >= 0.6 is 0 Å². The average Bonchev–Trinajstić information content (AvgIpc) is 4.07. The SMILES string of the molecule is [CH-]=Nc1[c-]cccc1.[N-]=Cc1[c-]cccc1.[W+2].[W+2].c1cc[nH]c1.c1ccc2[nH]ccc2c1.c1ccc2[nH]ncc2c1.c1ccc2c(c1)cnc1ccccc12. The zero-order valence-corrected chi connectivity index (χ0v) is 35.6. The molecular weight excluding hydrogens is 1020 g/mol. The molecule has 3 N–H and O–H groups in total. The van der Waals surface area contributed by atoms with Gasteiger partial charge in [0.1, 0.15) is 0 Å². The van der Waals surface area contributed by atoms with Crippen LogP contribution in [0.2, 0.25) is 0 Å². The van der Waals surface area contributed by atoms with Crippen LogP contribution in [0.15, 0.2) is 200 Å². The third kappa shape index (κ3) is 14.4. The first-order valence-corrected chi connectivity index (χ1v) is 16.8. The van der Waals surface area contributed by atoms with E-state index in [9.17, 15) is 0 Å². The van der Waals surface area contributed by atoms with Crippen LogP contribution in [0.3, 0.4) is 0 Å². The van der Waals surface area contributed by atoms with Gasteiger partial charge in [0.15, 0.2) is 0 Å². The monoisotopic (exact) mass is 1060 g/mol. The van der Waals surface area contributed by atoms with Crippen molar-refractivity contribution in [1.29, 1.82) is 0 Å². The van der Waals surface area contributed by atoms with E-state index in [1.54, 1.807) is 24.3 Å². The summed E-state index contributed by atoms with van der Waals surface area (Å²) in [5.41, 5.74) is 4.77. The Kier molecular flexibility index (Phi) is 19.8. The van der Waals surface area contributed by atoms with Crippen molar-refractivity contribution < 1.29 is 42.1 Å². The summed E-state index contributed by atoms with van der Waals surface area (Å²) in [6.45, 7) is 4.94. The average molecular weight is 1060 g/mol. The van der Waals surface area contributed by atoms with Crippen LogP contribution in [0, 0.1) is 12.1 Å². The van der Waals surface area contributed by atoms with E-state index < -0.39 is 0 Å². The number of hydrogen-bond donors (Lipinski definition) is 3. The van der Waals surface area contributed by atoms with Crippen molar-refractivity contribution in [1.82, 2.24) is 25.1 Å². The zero-order chi connectivity index (χ0) is 36.8. The fourth-order valence-electron chi connectivity index (χ4n) is 4.92. The maximum Gasteiger partial charge on any atom is 2.00 e. The smallest absolute Gasteiger partial charge is 0.862 e. The first-order chi connectivity index (χ1) is 26.2. The minimum atomic E-state index is 0. The van der Waals surface area contributed by atoms with Gasteiger partial charge >= 0.3 is 42.1 Å². The molecule has 10 rings (SSSR count). The van der Waals surface area contributed by atoms with E-state index in [4.69, 9.17) is 12.1 Å². The van der Waals surface area contributed by atoms with Crippen LogP contribution in [-0.2, 0) is 42.1 Å². The normalized spacial score (nSPS) is 9.31. The van der Waals surface area contributed by atoms with Gasteiger partial charge in [-0.25, -0.2) is 11.8 Å². The number of nitrogens with one attached hydrogen (secondary N) is 3. The van der Waals surface area contributed by atoms with Crippen molar-refractivity contribution in [2.75, 3.05) is 0 Å². The molecule has 4 aromatic heterocycles. The molecule has 0 radical (unpaired) electrons. The van der Waals surface area contributed by atoms with Crippen LogP contribution in [0.25, 0.3) is 48.9 Å². The fourth-order valence-corrected chi connectivity index (χ4v) is 4.92. The molecule has 0 unspecified atom stereocenters. The molecule has 9 heteroatoms. The van der Waals surface area contributed by atoms with Gasteiger partial charge < -0.3 is 20.4 Å². The summed E-state index contributed by atoms with van der Waals surface area (Å²) in [6.07, 6.45) is 10.5. The van der Waals surface area contributed by atoms with Gasteiger partial charge in [-0.1, -0.05) is 78.9 Å². The van der Waals surface area contributed by atoms with Crippen LogP contribution in [0.1, 0.15) is 5.56 Å². The van der Waals surface area contributed by atoms with Crippen molar-refractivity contribution in [2.45, 2.75) is 0 Å². The summed E-state index contributed by atoms with van der Waals surface area (Å²) >= 11 is 0. The van der Waals surface area contributed by atoms with Crippen LogP contribution in [-0.4, -0.2) is 38.1 Å². The fraction of sp³-hybridized carbons (Fsp3) is 0. The number of nitrogens with zero attached hydrogens (tertiary/aromatic N) is 4. The van der Waals surface area contributed by atoms with Gasteiger partial charge in [-0.15, -0.1) is 30.3 Å². The first-order valence-electron chi connectivity index (χ1n) is 16.8. The molecule has 0 aliphatic carbocycles. The number of aromatic amines is 3. The Balaban J connectivity index is 0.000000180. The van der Waals surface area contributed by atoms with Gasteiger partial charge in [-0.3, -0.25) is 22.4 Å². The predicted molar refractivity (Wildman–Crippen MR) is 222 cm³/mol. The molecule has 0 fully saturated rings. The standard InChI is InChI=1S/C13H9N.C8H7N.C7H6N2.2C7H5N.C4H5N.2W/c1-2-6-11-10(5-1)9-14-13-8-4-3-7-12(11)13;1-2-4-8-7(3-1)5-6-9-8;1-2-4-7-6(3-1)5-8-9-7;1-8-7-5-3-2-4-6-7;8-6-7-4-2-1-3-5-7;1-2-4-5-3-1;;/h1-9H;1-6,9H;1-5H,(H,8,9);1-5H;1-4,6H;1-5H;;/q;;;2*-2;;2*+2. The molecule has 7 nitrogen and oxygen atoms in total. The van der Waals surface area contributed by atoms with Gasteiger partial charge in [-0.05, 0) is 47.2 Å². The maximum absolute atomic E-state index is 8.38. The molecule has 0 spiro atoms. The third-order valence-electron chi connectivity index (χ3n) is 7.51. The maximum atomic E-state index is 8.38. The van der Waals surface area contributed by atoms with E-state index in [-0.39, 0.29) is 42.1 Å². The molecule has 6 aromatic carbocycles. The molecule has 0 aliphatic heterocycles. The molecule has 55 heavy (non-hydrogen) atoms. The zero-order valence-electron chi connectivity index (χ0n) is 29.7. The molecule has 268 valence electrons. The Bertz CT molecular complexity index is 2270. The number of hydrogen-bond acceptors (Lipinski definition) is 3. The summed E-state index contributed by atoms with van der Waals surface area (Å²) < 4.78 is 0. The molecule has 0 saturated heterocycles. The minimum Gasteiger partial charge on any atom is -0.862 e. The molecule has 0 amide bonds. The quantitative estimate of drug-likeness (QED) is 0.0911. The van der Waals surface area contributed by atoms with Crippen molar-refractivity contribution in [3.05, 3.63) is 218 Å². The summed E-state index contributed by atoms with van der Waals surface area (Å²) in [6, 6.07) is 58.9. The number of aliphatic imine (C=N–C) groups is 1. The summed E-state index contributed by atoms with van der Waals surface area (Å²) in [5, 5.41) is 21.3. The van der Waals surface area contributed by atoms with Gasteiger partial charge in [0.25, 0.3) is 0 Å². The summed E-state index contributed by atoms with van der Waals surface area (Å²) in [4.78, 5) is 13.8. The number of aromatic nitrogens is 5. The molecule has 0 atom stereocenters. The Labute approximate surface area is 350 Å². The van der Waals surface area contributed by atoms with Crippen LogP contribution < -0.4 is 0 Å². The molecule has 0 bridgehead atoms. The third-order valence-corrected chi connectivity index (χ3v) is 7.51. The Morgan fingerprint density at radius 1 is 0.564 bits per heavy atom. The predicted octanol–water partition coefficient (Wildman–Crippen LogP) is 11.3. The Morgan fingerprint density at radius 2 is 1.18 bits per heavy atom. The summed E-state index contributed by atoms with van der Waals surface area (Å²) in [5.74, 6) is 0. The number of rotatable bonds is 2. The van der Waals surface area contributed by atoms with Crippen molar-refractivity contribution >= 4 is 62.1 Å². The second-order valence-electron chi connectivity index (χ2n) is 11.1. The van der Waals surface area contributed by atoms with E-state index in [1.807, 2.05) is 122 Å². The van der Waals surface area contributed by atoms with E-state index in [0.29, 0.717) is 11.3 Å². The number of para-hydroxylation sites is 4. The molecule has 10 aromatic rings. The second kappa shape index (κ2) is 25.1. The Morgan fingerprint density at radius 3 is 1.76 bits per heavy atom. The van der Waals surface area contributed by atoms with Crippen molar-refractivity contribution in [3.8, 4) is 0 Å². The number of H-pyrrole nitrogens is 3. The van der Waals surface area contributed by atoms with Crippen molar-refractivity contribution in [3.63, 3.8) is 0 Å². The van der Waals surface area contributed by atoms with E-state index in [1.165, 1.54) is 27.1 Å². The van der Waals surface area contributed by atoms with Gasteiger partial charge in [-0.2, -0.15) is 35.6 Å². The van der Waals surface area contributed by atoms with Crippen LogP contribution in [0.4, 0.5) is 5.69 Å². The van der Waals surface area contributed by atoms with E-state index >= 15 is 0 Å². The number of benzene rings is 6. The van der Waals surface area contributed by atoms with E-state index in [0.717, 1.165) is 22.6 Å². The summed E-state index contributed by atoms with van der Waals surface area (Å²) in [7, 11) is 0. The molecule has 4 heterocycles. The minimum absolute atomic E-state index is 0. The van der Waals surface area contributed by atoms with E-state index in [2.05, 4.69) is 90.8 Å². The van der Waals surface area contributed by atoms with Gasteiger partial charge in [0, 0.05) is 46.5 Å². The topological polar surface area (TPSA) is 108 Å². The molecular formula is C46H37N7W2. The van der Waals surface area contributed by atoms with Gasteiger partial charge in [0.2, 0.25) is 0 Å². The number of fused-ring (bicyclic) bond motifs is 5. The van der Waals surface area contributed by atoms with Crippen LogP contribution in [0.5, 0.6) is 0 Å². The second-order valence-corrected chi connectivity index (χ2v) is 11.1. The first kappa shape index (κ1) is 43.4. The van der Waals surface area contributed by atoms with Gasteiger partial charge in [0.05, 0.1) is 17.2 Å². The molecule has 0 saturated carbocycles. The Hall–Kier alpha value is -6.00. The number of pyridine rings is 1. The largest absolute Gasteiger partial charge is 2.00 e. The van der Waals surface area contributed by atoms with Crippen molar-refractivity contribution in [2.24, 2.45) is 4.99 Å². The molecule has 0 aliphatic rings.